The first kappa shape index (κ1) is 14.0. The molecule has 0 aliphatic carbocycles. The van der Waals surface area contributed by atoms with Crippen LogP contribution in [0.2, 0.25) is 0 Å². The van der Waals surface area contributed by atoms with Gasteiger partial charge in [-0.2, -0.15) is 5.26 Å². The smallest absolute Gasteiger partial charge is 0.323 e. The molecule has 0 radical (unpaired) electrons. The molecule has 1 N–H and O–H groups in total. The van der Waals surface area contributed by atoms with E-state index in [0.717, 1.165) is 11.1 Å². The molecule has 0 saturated carbocycles. The number of esters is 1. The zero-order valence-electron chi connectivity index (χ0n) is 10.8. The Morgan fingerprint density at radius 3 is 2.72 bits per heavy atom. The summed E-state index contributed by atoms with van der Waals surface area (Å²) in [5.74, 6) is -1.39. The fourth-order valence-corrected chi connectivity index (χ4v) is 1.86. The monoisotopic (exact) mass is 247 g/mol. The van der Waals surface area contributed by atoms with Gasteiger partial charge in [-0.3, -0.25) is 4.79 Å². The maximum Gasteiger partial charge on any atom is 0.323 e. The van der Waals surface area contributed by atoms with Crippen molar-refractivity contribution in [3.8, 4) is 11.8 Å². The molecule has 0 bridgehead atoms. The van der Waals surface area contributed by atoms with Crippen LogP contribution in [0.3, 0.4) is 0 Å². The van der Waals surface area contributed by atoms with Gasteiger partial charge in [0.15, 0.2) is 5.92 Å². The number of benzene rings is 1. The number of aryl methyl sites for hydroxylation is 1. The van der Waals surface area contributed by atoms with E-state index in [1.165, 1.54) is 7.11 Å². The topological polar surface area (TPSA) is 70.3 Å². The average molecular weight is 247 g/mol. The normalized spacial score (nSPS) is 13.4. The summed E-state index contributed by atoms with van der Waals surface area (Å²) in [4.78, 5) is 11.5. The van der Waals surface area contributed by atoms with Crippen LogP contribution in [-0.4, -0.2) is 18.2 Å². The second kappa shape index (κ2) is 6.06. The lowest BCUT2D eigenvalue weighted by atomic mass is 9.87. The number of ether oxygens (including phenoxy) is 1. The van der Waals surface area contributed by atoms with E-state index in [-0.39, 0.29) is 11.7 Å². The molecule has 2 unspecified atom stereocenters. The molecule has 4 heteroatoms. The van der Waals surface area contributed by atoms with E-state index >= 15 is 0 Å². The van der Waals surface area contributed by atoms with Gasteiger partial charge in [0.1, 0.15) is 5.75 Å². The Labute approximate surface area is 107 Å². The summed E-state index contributed by atoms with van der Waals surface area (Å²) in [6, 6.07) is 7.11. The molecule has 96 valence electrons. The molecule has 1 aromatic carbocycles. The molecule has 0 aliphatic heterocycles. The third-order valence-electron chi connectivity index (χ3n) is 3.10. The number of rotatable bonds is 4. The molecule has 0 fully saturated rings. The first-order valence-electron chi connectivity index (χ1n) is 5.84. The molecular formula is C14H17NO3. The lowest BCUT2D eigenvalue weighted by molar-refractivity contribution is -0.144. The number of carbonyl (C=O) groups is 1. The highest BCUT2D eigenvalue weighted by Crippen LogP contribution is 2.29. The summed E-state index contributed by atoms with van der Waals surface area (Å²) in [7, 11) is 1.27. The second-order valence-electron chi connectivity index (χ2n) is 4.16. The van der Waals surface area contributed by atoms with Crippen LogP contribution >= 0.6 is 0 Å². The number of nitrogens with zero attached hydrogens (tertiary/aromatic N) is 1. The Morgan fingerprint density at radius 2 is 2.22 bits per heavy atom. The fraction of sp³-hybridized carbons (Fsp3) is 0.429. The quantitative estimate of drug-likeness (QED) is 0.829. The van der Waals surface area contributed by atoms with Crippen LogP contribution in [0.15, 0.2) is 18.2 Å². The molecular weight excluding hydrogens is 230 g/mol. The molecule has 1 aromatic rings. The van der Waals surface area contributed by atoms with E-state index in [1.54, 1.807) is 19.1 Å². The minimum absolute atomic E-state index is 0.236. The Morgan fingerprint density at radius 1 is 1.56 bits per heavy atom. The minimum atomic E-state index is -0.829. The molecule has 0 spiro atoms. The highest BCUT2D eigenvalue weighted by Gasteiger charge is 2.27. The van der Waals surface area contributed by atoms with E-state index in [2.05, 4.69) is 4.74 Å². The zero-order valence-corrected chi connectivity index (χ0v) is 10.8. The third-order valence-corrected chi connectivity index (χ3v) is 3.10. The maximum absolute atomic E-state index is 11.5. The van der Waals surface area contributed by atoms with Gasteiger partial charge in [-0.25, -0.2) is 0 Å². The van der Waals surface area contributed by atoms with Crippen molar-refractivity contribution in [2.45, 2.75) is 26.2 Å². The van der Waals surface area contributed by atoms with Crippen LogP contribution in [0.1, 0.15) is 30.9 Å². The molecule has 18 heavy (non-hydrogen) atoms. The van der Waals surface area contributed by atoms with Gasteiger partial charge in [-0.05, 0) is 23.6 Å². The Hall–Kier alpha value is -2.02. The SMILES string of the molecule is CCc1cc(C(C)C(C#N)C(=O)OC)ccc1O. The number of carbonyl (C=O) groups excluding carboxylic acids is 1. The van der Waals surface area contributed by atoms with Crippen LogP contribution in [0.25, 0.3) is 0 Å². The molecule has 2 atom stereocenters. The highest BCUT2D eigenvalue weighted by molar-refractivity contribution is 5.76. The summed E-state index contributed by atoms with van der Waals surface area (Å²) >= 11 is 0. The van der Waals surface area contributed by atoms with Crippen molar-refractivity contribution >= 4 is 5.97 Å². The van der Waals surface area contributed by atoms with Crippen LogP contribution in [0.5, 0.6) is 5.75 Å². The van der Waals surface area contributed by atoms with E-state index in [9.17, 15) is 9.90 Å². The minimum Gasteiger partial charge on any atom is -0.508 e. The van der Waals surface area contributed by atoms with Crippen LogP contribution in [-0.2, 0) is 16.0 Å². The van der Waals surface area contributed by atoms with Gasteiger partial charge in [0.05, 0.1) is 13.2 Å². The number of hydrogen-bond donors (Lipinski definition) is 1. The van der Waals surface area contributed by atoms with Crippen molar-refractivity contribution < 1.29 is 14.6 Å². The summed E-state index contributed by atoms with van der Waals surface area (Å²) < 4.78 is 4.62. The van der Waals surface area contributed by atoms with E-state index < -0.39 is 11.9 Å². The summed E-state index contributed by atoms with van der Waals surface area (Å²) in [5.41, 5.74) is 1.66. The lowest BCUT2D eigenvalue weighted by Crippen LogP contribution is -2.20. The van der Waals surface area contributed by atoms with Gasteiger partial charge < -0.3 is 9.84 Å². The lowest BCUT2D eigenvalue weighted by Gasteiger charge is -2.17. The van der Waals surface area contributed by atoms with Crippen molar-refractivity contribution in [3.05, 3.63) is 29.3 Å². The molecule has 0 aliphatic rings. The van der Waals surface area contributed by atoms with Crippen molar-refractivity contribution in [1.29, 1.82) is 5.26 Å². The van der Waals surface area contributed by atoms with Crippen LogP contribution < -0.4 is 0 Å². The molecule has 4 nitrogen and oxygen atoms in total. The highest BCUT2D eigenvalue weighted by atomic mass is 16.5. The van der Waals surface area contributed by atoms with E-state index in [0.29, 0.717) is 6.42 Å². The Bertz CT molecular complexity index is 476. The fourth-order valence-electron chi connectivity index (χ4n) is 1.86. The molecule has 0 aromatic heterocycles. The van der Waals surface area contributed by atoms with Crippen molar-refractivity contribution in [1.82, 2.24) is 0 Å². The number of aromatic hydroxyl groups is 1. The van der Waals surface area contributed by atoms with Crippen molar-refractivity contribution in [2.24, 2.45) is 5.92 Å². The number of hydrogen-bond acceptors (Lipinski definition) is 4. The summed E-state index contributed by atoms with van der Waals surface area (Å²) in [5, 5.41) is 18.7. The Kier molecular flexibility index (Phi) is 4.73. The number of phenols is 1. The summed E-state index contributed by atoms with van der Waals surface area (Å²) in [6.45, 7) is 3.74. The molecule has 0 heterocycles. The van der Waals surface area contributed by atoms with Gasteiger partial charge in [0.2, 0.25) is 0 Å². The predicted molar refractivity (Wildman–Crippen MR) is 67.0 cm³/mol. The third kappa shape index (κ3) is 2.80. The average Bonchev–Trinajstić information content (AvgIpc) is 2.39. The number of phenolic OH excluding ortho intramolecular Hbond substituents is 1. The number of methoxy groups -OCH3 is 1. The van der Waals surface area contributed by atoms with Crippen molar-refractivity contribution in [3.63, 3.8) is 0 Å². The first-order valence-corrected chi connectivity index (χ1v) is 5.84. The number of nitriles is 1. The standard InChI is InChI=1S/C14H17NO3/c1-4-10-7-11(5-6-13(10)16)9(2)12(8-15)14(17)18-3/h5-7,9,12,16H,4H2,1-3H3. The second-order valence-corrected chi connectivity index (χ2v) is 4.16. The van der Waals surface area contributed by atoms with Gasteiger partial charge in [0.25, 0.3) is 0 Å². The largest absolute Gasteiger partial charge is 0.508 e. The van der Waals surface area contributed by atoms with Gasteiger partial charge in [-0.15, -0.1) is 0 Å². The van der Waals surface area contributed by atoms with E-state index in [1.807, 2.05) is 19.1 Å². The van der Waals surface area contributed by atoms with E-state index in [4.69, 9.17) is 5.26 Å². The predicted octanol–water partition coefficient (Wildman–Crippen LogP) is 2.37. The maximum atomic E-state index is 11.5. The van der Waals surface area contributed by atoms with Gasteiger partial charge >= 0.3 is 5.97 Å². The van der Waals surface area contributed by atoms with Gasteiger partial charge in [-0.1, -0.05) is 26.0 Å². The first-order chi connectivity index (χ1) is 8.54. The Balaban J connectivity index is 3.06. The zero-order chi connectivity index (χ0) is 13.7. The molecule has 1 rings (SSSR count). The van der Waals surface area contributed by atoms with Crippen LogP contribution in [0.4, 0.5) is 0 Å². The summed E-state index contributed by atoms with van der Waals surface area (Å²) in [6.07, 6.45) is 0.696. The van der Waals surface area contributed by atoms with Crippen molar-refractivity contribution in [2.75, 3.05) is 7.11 Å². The van der Waals surface area contributed by atoms with Gasteiger partial charge in [0, 0.05) is 5.92 Å². The molecule has 0 amide bonds. The van der Waals surface area contributed by atoms with Crippen LogP contribution in [0, 0.1) is 17.2 Å². The molecule has 0 saturated heterocycles.